The fourth-order valence-electron chi connectivity index (χ4n) is 0.924. The molecule has 0 radical (unpaired) electrons. The van der Waals surface area contributed by atoms with Crippen LogP contribution in [0.5, 0.6) is 5.75 Å². The van der Waals surface area contributed by atoms with E-state index in [4.69, 9.17) is 4.74 Å². The molecule has 1 heterocycles. The predicted molar refractivity (Wildman–Crippen MR) is 63.1 cm³/mol. The number of H-pyrrole nitrogens is 1. The lowest BCUT2D eigenvalue weighted by Crippen LogP contribution is -2.08. The summed E-state index contributed by atoms with van der Waals surface area (Å²) in [5, 5.41) is 0. The quantitative estimate of drug-likeness (QED) is 0.604. The number of hydrogen-bond acceptors (Lipinski definition) is 3. The molecule has 0 fully saturated rings. The Bertz CT molecular complexity index is 464. The topological polar surface area (TPSA) is 55.0 Å². The van der Waals surface area contributed by atoms with E-state index >= 15 is 0 Å². The molecule has 1 aromatic rings. The summed E-state index contributed by atoms with van der Waals surface area (Å²) in [7, 11) is 0. The maximum Gasteiger partial charge on any atom is 0.345 e. The van der Waals surface area contributed by atoms with E-state index in [1.807, 2.05) is 0 Å². The Balaban J connectivity index is 2.83. The number of aromatic nitrogens is 2. The van der Waals surface area contributed by atoms with Gasteiger partial charge in [0.1, 0.15) is 5.76 Å². The Kier molecular flexibility index (Phi) is 4.53. The fourth-order valence-corrected chi connectivity index (χ4v) is 0.924. The minimum Gasteiger partial charge on any atom is -0.454 e. The number of rotatable bonds is 5. The average Bonchev–Trinajstić information content (AvgIpc) is 2.29. The molecule has 4 nitrogen and oxygen atoms in total. The van der Waals surface area contributed by atoms with Gasteiger partial charge in [-0.2, -0.15) is 4.98 Å². The summed E-state index contributed by atoms with van der Waals surface area (Å²) < 4.78 is 5.43. The molecular weight excluding hydrogens is 204 g/mol. The van der Waals surface area contributed by atoms with Crippen molar-refractivity contribution in [1.82, 2.24) is 9.97 Å². The molecule has 0 aromatic carbocycles. The SMILES string of the molecule is C=C/C=C\C(=C/C=C)Oc1cnc(=O)[nH]c1. The van der Waals surface area contributed by atoms with Gasteiger partial charge >= 0.3 is 5.69 Å². The normalized spacial score (nSPS) is 11.4. The second-order valence-electron chi connectivity index (χ2n) is 2.76. The van der Waals surface area contributed by atoms with E-state index in [-0.39, 0.29) is 0 Å². The van der Waals surface area contributed by atoms with Crippen LogP contribution < -0.4 is 10.4 Å². The van der Waals surface area contributed by atoms with Gasteiger partial charge in [-0.05, 0) is 12.2 Å². The Morgan fingerprint density at radius 1 is 1.44 bits per heavy atom. The first-order valence-electron chi connectivity index (χ1n) is 4.60. The number of allylic oxidation sites excluding steroid dienone is 5. The van der Waals surface area contributed by atoms with E-state index in [1.54, 1.807) is 30.4 Å². The molecule has 1 aromatic heterocycles. The highest BCUT2D eigenvalue weighted by Crippen LogP contribution is 2.10. The van der Waals surface area contributed by atoms with E-state index in [0.29, 0.717) is 11.5 Å². The Morgan fingerprint density at radius 3 is 2.81 bits per heavy atom. The van der Waals surface area contributed by atoms with Crippen molar-refractivity contribution in [1.29, 1.82) is 0 Å². The van der Waals surface area contributed by atoms with Crippen LogP contribution in [0.3, 0.4) is 0 Å². The average molecular weight is 216 g/mol. The number of aromatic amines is 1. The highest BCUT2D eigenvalue weighted by atomic mass is 16.5. The molecule has 0 spiro atoms. The van der Waals surface area contributed by atoms with E-state index in [2.05, 4.69) is 23.1 Å². The maximum absolute atomic E-state index is 10.7. The van der Waals surface area contributed by atoms with Crippen molar-refractivity contribution in [3.63, 3.8) is 0 Å². The van der Waals surface area contributed by atoms with Crippen molar-refractivity contribution in [3.8, 4) is 5.75 Å². The largest absolute Gasteiger partial charge is 0.454 e. The van der Waals surface area contributed by atoms with Crippen LogP contribution in [0.15, 0.2) is 66.5 Å². The molecule has 16 heavy (non-hydrogen) atoms. The van der Waals surface area contributed by atoms with E-state index in [9.17, 15) is 4.79 Å². The Morgan fingerprint density at radius 2 is 2.25 bits per heavy atom. The summed E-state index contributed by atoms with van der Waals surface area (Å²) in [6, 6.07) is 0. The highest BCUT2D eigenvalue weighted by Gasteiger charge is 1.96. The maximum atomic E-state index is 10.7. The molecule has 0 amide bonds. The first-order chi connectivity index (χ1) is 7.76. The first kappa shape index (κ1) is 11.7. The predicted octanol–water partition coefficient (Wildman–Crippen LogP) is 1.96. The van der Waals surface area contributed by atoms with Crippen LogP contribution in [0.1, 0.15) is 0 Å². The summed E-state index contributed by atoms with van der Waals surface area (Å²) in [4.78, 5) is 16.7. The van der Waals surface area contributed by atoms with E-state index in [1.165, 1.54) is 12.4 Å². The number of nitrogens with one attached hydrogen (secondary N) is 1. The second-order valence-corrected chi connectivity index (χ2v) is 2.76. The number of ether oxygens (including phenoxy) is 1. The van der Waals surface area contributed by atoms with Crippen molar-refractivity contribution < 1.29 is 4.74 Å². The van der Waals surface area contributed by atoms with Gasteiger partial charge in [-0.15, -0.1) is 0 Å². The number of hydrogen-bond donors (Lipinski definition) is 1. The zero-order valence-corrected chi connectivity index (χ0v) is 8.72. The van der Waals surface area contributed by atoms with Gasteiger partial charge in [0.15, 0.2) is 5.75 Å². The summed E-state index contributed by atoms with van der Waals surface area (Å²) in [6.45, 7) is 7.13. The third kappa shape index (κ3) is 3.79. The van der Waals surface area contributed by atoms with Gasteiger partial charge in [0.25, 0.3) is 0 Å². The van der Waals surface area contributed by atoms with Crippen LogP contribution >= 0.6 is 0 Å². The second kappa shape index (κ2) is 6.19. The molecule has 0 bridgehead atoms. The lowest BCUT2D eigenvalue weighted by molar-refractivity contribution is 0.439. The van der Waals surface area contributed by atoms with Gasteiger partial charge in [0, 0.05) is 0 Å². The summed E-state index contributed by atoms with van der Waals surface area (Å²) in [6.07, 6.45) is 11.2. The van der Waals surface area contributed by atoms with E-state index in [0.717, 1.165) is 0 Å². The van der Waals surface area contributed by atoms with Crippen molar-refractivity contribution in [2.45, 2.75) is 0 Å². The molecule has 0 atom stereocenters. The summed E-state index contributed by atoms with van der Waals surface area (Å²) in [5.41, 5.74) is -0.414. The van der Waals surface area contributed by atoms with Crippen LogP contribution in [0.25, 0.3) is 0 Å². The standard InChI is InChI=1S/C12H12N2O2/c1-3-5-7-10(6-4-2)16-11-8-13-12(15)14-9-11/h3-9H,1-2H2,(H,13,14,15)/b7-5-,10-6+. The van der Waals surface area contributed by atoms with Gasteiger partial charge in [-0.3, -0.25) is 0 Å². The molecule has 0 saturated carbocycles. The minimum atomic E-state index is -0.414. The molecule has 0 aliphatic heterocycles. The molecule has 4 heteroatoms. The van der Waals surface area contributed by atoms with Gasteiger partial charge in [0.2, 0.25) is 0 Å². The van der Waals surface area contributed by atoms with Crippen LogP contribution in [-0.2, 0) is 0 Å². The van der Waals surface area contributed by atoms with Gasteiger partial charge in [-0.25, -0.2) is 4.79 Å². The smallest absolute Gasteiger partial charge is 0.345 e. The fraction of sp³-hybridized carbons (Fsp3) is 0. The van der Waals surface area contributed by atoms with E-state index < -0.39 is 5.69 Å². The molecule has 0 aliphatic rings. The highest BCUT2D eigenvalue weighted by molar-refractivity contribution is 5.25. The third-order valence-electron chi connectivity index (χ3n) is 1.56. The van der Waals surface area contributed by atoms with Crippen molar-refractivity contribution in [3.05, 3.63) is 72.2 Å². The monoisotopic (exact) mass is 216 g/mol. The summed E-state index contributed by atoms with van der Waals surface area (Å²) in [5.74, 6) is 1.02. The molecule has 1 rings (SSSR count). The van der Waals surface area contributed by atoms with Crippen LogP contribution in [0, 0.1) is 0 Å². The first-order valence-corrected chi connectivity index (χ1v) is 4.60. The molecule has 0 saturated heterocycles. The van der Waals surface area contributed by atoms with Crippen molar-refractivity contribution in [2.75, 3.05) is 0 Å². The number of nitrogens with zero attached hydrogens (tertiary/aromatic N) is 1. The molecular formula is C12H12N2O2. The third-order valence-corrected chi connectivity index (χ3v) is 1.56. The lowest BCUT2D eigenvalue weighted by atomic mass is 10.3. The lowest BCUT2D eigenvalue weighted by Gasteiger charge is -2.04. The van der Waals surface area contributed by atoms with Crippen molar-refractivity contribution in [2.24, 2.45) is 0 Å². The minimum absolute atomic E-state index is 0.414. The van der Waals surface area contributed by atoms with Crippen LogP contribution in [0.4, 0.5) is 0 Å². The molecule has 1 N–H and O–H groups in total. The Hall–Kier alpha value is -2.36. The van der Waals surface area contributed by atoms with Crippen LogP contribution in [0.2, 0.25) is 0 Å². The van der Waals surface area contributed by atoms with Gasteiger partial charge < -0.3 is 9.72 Å². The zero-order chi connectivity index (χ0) is 11.8. The summed E-state index contributed by atoms with van der Waals surface area (Å²) >= 11 is 0. The van der Waals surface area contributed by atoms with Gasteiger partial charge in [0.05, 0.1) is 12.4 Å². The molecule has 0 unspecified atom stereocenters. The van der Waals surface area contributed by atoms with Gasteiger partial charge in [-0.1, -0.05) is 31.4 Å². The van der Waals surface area contributed by atoms with Crippen molar-refractivity contribution >= 4 is 0 Å². The zero-order valence-electron chi connectivity index (χ0n) is 8.72. The molecule has 0 aliphatic carbocycles. The molecule has 82 valence electrons. The van der Waals surface area contributed by atoms with Crippen LogP contribution in [-0.4, -0.2) is 9.97 Å². The Labute approximate surface area is 93.3 Å².